The molecule has 130 valence electrons. The smallest absolute Gasteiger partial charge is 0.254 e. The fraction of sp³-hybridized carbons (Fsp3) is 0.375. The fourth-order valence-electron chi connectivity index (χ4n) is 3.09. The van der Waals surface area contributed by atoms with Gasteiger partial charge < -0.3 is 14.7 Å². The van der Waals surface area contributed by atoms with Crippen molar-refractivity contribution in [2.45, 2.75) is 25.8 Å². The van der Waals surface area contributed by atoms with Crippen molar-refractivity contribution >= 4 is 11.6 Å². The van der Waals surface area contributed by atoms with Crippen LogP contribution >= 0.6 is 0 Å². The molecule has 9 heteroatoms. The lowest BCUT2D eigenvalue weighted by molar-refractivity contribution is -0.121. The van der Waals surface area contributed by atoms with Crippen LogP contribution in [0.25, 0.3) is 0 Å². The molecule has 7 nitrogen and oxygen atoms in total. The average Bonchev–Trinajstić information content (AvgIpc) is 3.14. The number of aromatic nitrogens is 2. The molecule has 1 atom stereocenters. The van der Waals surface area contributed by atoms with Gasteiger partial charge in [-0.05, 0) is 25.5 Å². The molecule has 0 radical (unpaired) electrons. The number of carbonyl (C=O) groups is 1. The standard InChI is InChI=1S/C16H15F2N5O2/c1-9-20-15(25-22-9)16(21-10(2)24)3-4-23(8-16)14-12(17)5-11(7-19)6-13(14)18/h5-6H,3-4,8H2,1-2H3,(H,21,24). The molecule has 1 aliphatic heterocycles. The van der Waals surface area contributed by atoms with E-state index in [4.69, 9.17) is 9.78 Å². The van der Waals surface area contributed by atoms with E-state index in [0.29, 0.717) is 12.2 Å². The van der Waals surface area contributed by atoms with E-state index in [1.807, 2.05) is 0 Å². The molecule has 0 saturated carbocycles. The lowest BCUT2D eigenvalue weighted by atomic mass is 9.98. The third-order valence-electron chi connectivity index (χ3n) is 4.08. The second kappa shape index (κ2) is 6.12. The maximum absolute atomic E-state index is 14.3. The molecule has 1 saturated heterocycles. The van der Waals surface area contributed by atoms with E-state index in [9.17, 15) is 13.6 Å². The molecule has 1 aromatic heterocycles. The number of nitrogens with one attached hydrogen (secondary N) is 1. The molecule has 3 rings (SSSR count). The molecule has 1 fully saturated rings. The summed E-state index contributed by atoms with van der Waals surface area (Å²) >= 11 is 0. The summed E-state index contributed by atoms with van der Waals surface area (Å²) < 4.78 is 33.8. The van der Waals surface area contributed by atoms with Crippen LogP contribution in [0.3, 0.4) is 0 Å². The Bertz CT molecular complexity index is 853. The van der Waals surface area contributed by atoms with Crippen molar-refractivity contribution in [2.75, 3.05) is 18.0 Å². The Balaban J connectivity index is 1.98. The molecular formula is C16H15F2N5O2. The number of halogens is 2. The Morgan fingerprint density at radius 1 is 1.44 bits per heavy atom. The maximum atomic E-state index is 14.3. The number of carbonyl (C=O) groups excluding carboxylic acids is 1. The number of aryl methyl sites for hydroxylation is 1. The highest BCUT2D eigenvalue weighted by Crippen LogP contribution is 2.36. The van der Waals surface area contributed by atoms with Gasteiger partial charge in [0, 0.05) is 13.5 Å². The van der Waals surface area contributed by atoms with E-state index >= 15 is 0 Å². The first-order valence-electron chi connectivity index (χ1n) is 7.58. The predicted molar refractivity (Wildman–Crippen MR) is 82.4 cm³/mol. The molecule has 1 aromatic carbocycles. The van der Waals surface area contributed by atoms with Crippen LogP contribution in [0, 0.1) is 29.9 Å². The van der Waals surface area contributed by atoms with Crippen LogP contribution < -0.4 is 10.2 Å². The Morgan fingerprint density at radius 3 is 2.64 bits per heavy atom. The van der Waals surface area contributed by atoms with E-state index in [2.05, 4.69) is 15.5 Å². The summed E-state index contributed by atoms with van der Waals surface area (Å²) in [4.78, 5) is 17.3. The summed E-state index contributed by atoms with van der Waals surface area (Å²) in [5.74, 6) is -1.40. The Labute approximate surface area is 142 Å². The number of amides is 1. The number of hydrogen-bond acceptors (Lipinski definition) is 6. The van der Waals surface area contributed by atoms with Gasteiger partial charge in [-0.2, -0.15) is 10.2 Å². The van der Waals surface area contributed by atoms with Gasteiger partial charge in [-0.3, -0.25) is 4.79 Å². The zero-order valence-electron chi connectivity index (χ0n) is 13.6. The van der Waals surface area contributed by atoms with Crippen molar-refractivity contribution in [3.8, 4) is 6.07 Å². The van der Waals surface area contributed by atoms with Crippen LogP contribution in [0.2, 0.25) is 0 Å². The molecular weight excluding hydrogens is 332 g/mol. The Kier molecular flexibility index (Phi) is 4.12. The third kappa shape index (κ3) is 3.03. The number of hydrogen-bond donors (Lipinski definition) is 1. The number of nitrogens with zero attached hydrogens (tertiary/aromatic N) is 4. The maximum Gasteiger partial charge on any atom is 0.254 e. The second-order valence-electron chi connectivity index (χ2n) is 5.98. The highest BCUT2D eigenvalue weighted by atomic mass is 19.1. The first kappa shape index (κ1) is 16.8. The lowest BCUT2D eigenvalue weighted by Gasteiger charge is -2.27. The van der Waals surface area contributed by atoms with Crippen LogP contribution in [0.5, 0.6) is 0 Å². The van der Waals surface area contributed by atoms with E-state index < -0.39 is 17.2 Å². The SMILES string of the molecule is CC(=O)NC1(c2nc(C)no2)CCN(c2c(F)cc(C#N)cc2F)C1. The van der Waals surface area contributed by atoms with Crippen molar-refractivity contribution in [2.24, 2.45) is 0 Å². The van der Waals surface area contributed by atoms with Gasteiger partial charge in [-0.25, -0.2) is 8.78 Å². The topological polar surface area (TPSA) is 95.1 Å². The molecule has 2 aromatic rings. The Hall–Kier alpha value is -3.02. The summed E-state index contributed by atoms with van der Waals surface area (Å²) in [5, 5.41) is 15.3. The minimum Gasteiger partial charge on any atom is -0.364 e. The number of benzene rings is 1. The molecule has 0 bridgehead atoms. The molecule has 0 aliphatic carbocycles. The number of anilines is 1. The molecule has 0 spiro atoms. The van der Waals surface area contributed by atoms with Crippen molar-refractivity contribution in [3.63, 3.8) is 0 Å². The molecule has 1 aliphatic rings. The minimum absolute atomic E-state index is 0.0634. The van der Waals surface area contributed by atoms with Crippen molar-refractivity contribution < 1.29 is 18.1 Å². The van der Waals surface area contributed by atoms with Gasteiger partial charge in [-0.1, -0.05) is 5.16 Å². The summed E-state index contributed by atoms with van der Waals surface area (Å²) in [7, 11) is 0. The second-order valence-corrected chi connectivity index (χ2v) is 5.98. The van der Waals surface area contributed by atoms with Crippen LogP contribution in [0.15, 0.2) is 16.7 Å². The van der Waals surface area contributed by atoms with Gasteiger partial charge in [0.25, 0.3) is 5.89 Å². The monoisotopic (exact) mass is 347 g/mol. The first-order chi connectivity index (χ1) is 11.8. The largest absolute Gasteiger partial charge is 0.364 e. The third-order valence-corrected chi connectivity index (χ3v) is 4.08. The van der Waals surface area contributed by atoms with Gasteiger partial charge in [0.15, 0.2) is 17.5 Å². The average molecular weight is 347 g/mol. The summed E-state index contributed by atoms with van der Waals surface area (Å²) in [6.45, 7) is 3.31. The zero-order chi connectivity index (χ0) is 18.2. The summed E-state index contributed by atoms with van der Waals surface area (Å²) in [6.07, 6.45) is 0.340. The van der Waals surface area contributed by atoms with Crippen LogP contribution in [-0.4, -0.2) is 29.1 Å². The summed E-state index contributed by atoms with van der Waals surface area (Å²) in [6, 6.07) is 3.67. The van der Waals surface area contributed by atoms with E-state index in [1.165, 1.54) is 11.8 Å². The van der Waals surface area contributed by atoms with Gasteiger partial charge in [0.1, 0.15) is 11.2 Å². The van der Waals surface area contributed by atoms with Gasteiger partial charge in [0.2, 0.25) is 5.91 Å². The van der Waals surface area contributed by atoms with Crippen molar-refractivity contribution in [3.05, 3.63) is 41.0 Å². The van der Waals surface area contributed by atoms with Crippen molar-refractivity contribution in [1.29, 1.82) is 5.26 Å². The first-order valence-corrected chi connectivity index (χ1v) is 7.58. The Morgan fingerprint density at radius 2 is 2.12 bits per heavy atom. The van der Waals surface area contributed by atoms with E-state index in [-0.39, 0.29) is 36.1 Å². The minimum atomic E-state index is -1.03. The molecule has 1 unspecified atom stereocenters. The van der Waals surface area contributed by atoms with Crippen LogP contribution in [-0.2, 0) is 10.3 Å². The van der Waals surface area contributed by atoms with Gasteiger partial charge in [-0.15, -0.1) is 0 Å². The number of nitriles is 1. The highest BCUT2D eigenvalue weighted by molar-refractivity contribution is 5.74. The summed E-state index contributed by atoms with van der Waals surface area (Å²) in [5.41, 5.74) is -1.37. The predicted octanol–water partition coefficient (Wildman–Crippen LogP) is 1.77. The van der Waals surface area contributed by atoms with Crippen molar-refractivity contribution in [1.82, 2.24) is 15.5 Å². The lowest BCUT2D eigenvalue weighted by Crippen LogP contribution is -2.47. The zero-order valence-corrected chi connectivity index (χ0v) is 13.6. The highest BCUT2D eigenvalue weighted by Gasteiger charge is 2.46. The quantitative estimate of drug-likeness (QED) is 0.909. The molecule has 1 amide bonds. The van der Waals surface area contributed by atoms with Gasteiger partial charge in [0.05, 0.1) is 18.2 Å². The fourth-order valence-corrected chi connectivity index (χ4v) is 3.09. The van der Waals surface area contributed by atoms with E-state index in [1.54, 1.807) is 13.0 Å². The van der Waals surface area contributed by atoms with Crippen LogP contribution in [0.1, 0.15) is 30.6 Å². The van der Waals surface area contributed by atoms with Crippen LogP contribution in [0.4, 0.5) is 14.5 Å². The molecule has 2 heterocycles. The van der Waals surface area contributed by atoms with E-state index in [0.717, 1.165) is 12.1 Å². The molecule has 25 heavy (non-hydrogen) atoms. The van der Waals surface area contributed by atoms with Gasteiger partial charge >= 0.3 is 0 Å². The molecule has 1 N–H and O–H groups in total. The number of rotatable bonds is 3. The normalized spacial score (nSPS) is 19.7.